The van der Waals surface area contributed by atoms with Crippen LogP contribution in [0.4, 0.5) is 0 Å². The van der Waals surface area contributed by atoms with Crippen LogP contribution in [0.5, 0.6) is 0 Å². The molecule has 1 aliphatic heterocycles. The predicted octanol–water partition coefficient (Wildman–Crippen LogP) is 5.54. The summed E-state index contributed by atoms with van der Waals surface area (Å²) in [4.78, 5) is 25.9. The molecule has 3 aromatic rings. The van der Waals surface area contributed by atoms with Gasteiger partial charge < -0.3 is 14.6 Å². The van der Waals surface area contributed by atoms with Crippen molar-refractivity contribution in [3.8, 4) is 0 Å². The highest BCUT2D eigenvalue weighted by molar-refractivity contribution is 6.45. The van der Waals surface area contributed by atoms with E-state index in [0.29, 0.717) is 59.2 Å². The Morgan fingerprint density at radius 2 is 1.85 bits per heavy atom. The molecule has 0 bridgehead atoms. The number of hydrogen-bond donors (Lipinski definition) is 1. The van der Waals surface area contributed by atoms with Gasteiger partial charge in [-0.3, -0.25) is 4.79 Å². The summed E-state index contributed by atoms with van der Waals surface area (Å²) < 4.78 is 8.66. The summed E-state index contributed by atoms with van der Waals surface area (Å²) >= 11 is 18.8. The molecule has 0 spiro atoms. The van der Waals surface area contributed by atoms with Crippen LogP contribution in [0.2, 0.25) is 10.0 Å². The highest BCUT2D eigenvalue weighted by Crippen LogP contribution is 2.36. The summed E-state index contributed by atoms with van der Waals surface area (Å²) in [5, 5.41) is 4.81. The first kappa shape index (κ1) is 23.9. The fraction of sp³-hybridized carbons (Fsp3) is 0.333. The van der Waals surface area contributed by atoms with E-state index in [-0.39, 0.29) is 5.91 Å². The average molecular weight is 509 g/mol. The van der Waals surface area contributed by atoms with Crippen LogP contribution in [0.1, 0.15) is 46.2 Å². The van der Waals surface area contributed by atoms with Crippen LogP contribution in [0, 0.1) is 0 Å². The Bertz CT molecular complexity index is 1220. The molecule has 4 rings (SSSR count). The first-order valence-corrected chi connectivity index (χ1v) is 11.8. The van der Waals surface area contributed by atoms with Gasteiger partial charge in [0.05, 0.1) is 27.8 Å². The first-order valence-electron chi connectivity index (χ1n) is 10.7. The minimum atomic E-state index is -0.692. The highest BCUT2D eigenvalue weighted by atomic mass is 35.5. The number of carbonyl (C=O) groups excluding carboxylic acids is 2. The number of ether oxygens (including phenoxy) is 1. The Morgan fingerprint density at radius 1 is 1.12 bits per heavy atom. The van der Waals surface area contributed by atoms with Crippen molar-refractivity contribution >= 4 is 57.8 Å². The van der Waals surface area contributed by atoms with Gasteiger partial charge in [0.1, 0.15) is 5.69 Å². The second-order valence-electron chi connectivity index (χ2n) is 8.13. The van der Waals surface area contributed by atoms with E-state index in [2.05, 4.69) is 5.32 Å². The van der Waals surface area contributed by atoms with Crippen molar-refractivity contribution in [3.05, 3.63) is 69.3 Å². The van der Waals surface area contributed by atoms with Gasteiger partial charge in [-0.05, 0) is 67.4 Å². The molecular formula is C24H24Cl3N3O3. The van der Waals surface area contributed by atoms with E-state index in [9.17, 15) is 9.59 Å². The molecule has 0 saturated carbocycles. The number of fused-ring (bicyclic) bond motifs is 1. The molecule has 1 fully saturated rings. The van der Waals surface area contributed by atoms with Crippen molar-refractivity contribution in [2.45, 2.75) is 25.3 Å². The minimum absolute atomic E-state index is 0.245. The molecule has 0 unspecified atom stereocenters. The van der Waals surface area contributed by atoms with Crippen molar-refractivity contribution in [2.75, 3.05) is 19.7 Å². The third-order valence-corrected chi connectivity index (χ3v) is 7.34. The summed E-state index contributed by atoms with van der Waals surface area (Å²) in [6.07, 6.45) is 1.18. The summed E-state index contributed by atoms with van der Waals surface area (Å²) in [7, 11) is 1.82. The van der Waals surface area contributed by atoms with Gasteiger partial charge in [0.25, 0.3) is 5.91 Å². The summed E-state index contributed by atoms with van der Waals surface area (Å²) in [5.41, 5.74) is 1.86. The van der Waals surface area contributed by atoms with E-state index in [1.54, 1.807) is 46.2 Å². The lowest BCUT2D eigenvalue weighted by Crippen LogP contribution is -2.52. The zero-order valence-electron chi connectivity index (χ0n) is 18.3. The zero-order valence-corrected chi connectivity index (χ0v) is 20.6. The first-order chi connectivity index (χ1) is 15.8. The molecule has 0 radical (unpaired) electrons. The van der Waals surface area contributed by atoms with Crippen LogP contribution in [-0.2, 0) is 17.3 Å². The van der Waals surface area contributed by atoms with Crippen molar-refractivity contribution in [3.63, 3.8) is 0 Å². The number of nitrogens with one attached hydrogen (secondary N) is 1. The third-order valence-electron chi connectivity index (χ3n) is 6.19. The summed E-state index contributed by atoms with van der Waals surface area (Å²) in [5.74, 6) is -0.638. The van der Waals surface area contributed by atoms with E-state index >= 15 is 0 Å². The molecule has 33 heavy (non-hydrogen) atoms. The number of rotatable bonds is 5. The maximum atomic E-state index is 13.5. The molecule has 0 aliphatic carbocycles. The smallest absolute Gasteiger partial charge is 0.338 e. The number of aryl methyl sites for hydroxylation is 1. The Labute approximate surface area is 207 Å². The maximum Gasteiger partial charge on any atom is 0.338 e. The van der Waals surface area contributed by atoms with Gasteiger partial charge in [-0.2, -0.15) is 0 Å². The predicted molar refractivity (Wildman–Crippen MR) is 131 cm³/mol. The van der Waals surface area contributed by atoms with Gasteiger partial charge in [0.15, 0.2) is 0 Å². The molecule has 174 valence electrons. The zero-order chi connectivity index (χ0) is 23.8. The Morgan fingerprint density at radius 3 is 2.55 bits per heavy atom. The molecule has 1 aliphatic rings. The van der Waals surface area contributed by atoms with Crippen LogP contribution in [0.3, 0.4) is 0 Å². The molecule has 0 atom stereocenters. The maximum absolute atomic E-state index is 13.5. The summed E-state index contributed by atoms with van der Waals surface area (Å²) in [6.45, 7) is 3.23. The third kappa shape index (κ3) is 4.58. The van der Waals surface area contributed by atoms with Crippen LogP contribution in [0.15, 0.2) is 42.5 Å². The van der Waals surface area contributed by atoms with Crippen molar-refractivity contribution in [1.29, 1.82) is 0 Å². The van der Waals surface area contributed by atoms with Crippen molar-refractivity contribution in [2.24, 2.45) is 7.05 Å². The highest BCUT2D eigenvalue weighted by Gasteiger charge is 2.38. The van der Waals surface area contributed by atoms with Crippen LogP contribution in [-0.4, -0.2) is 40.6 Å². The van der Waals surface area contributed by atoms with Crippen LogP contribution >= 0.6 is 35.0 Å². The second-order valence-corrected chi connectivity index (χ2v) is 9.39. The number of carbonyl (C=O) groups is 2. The molecule has 1 N–H and O–H groups in total. The number of nitrogens with zero attached hydrogens (tertiary/aromatic N) is 2. The monoisotopic (exact) mass is 507 g/mol. The van der Waals surface area contributed by atoms with Gasteiger partial charge in [0, 0.05) is 31.0 Å². The van der Waals surface area contributed by atoms with Crippen molar-refractivity contribution in [1.82, 2.24) is 14.3 Å². The quantitative estimate of drug-likeness (QED) is 0.363. The number of piperidine rings is 1. The normalized spacial score (nSPS) is 16.0. The Balaban J connectivity index is 1.72. The molecule has 2 aromatic carbocycles. The number of aromatic nitrogens is 1. The van der Waals surface area contributed by atoms with E-state index in [4.69, 9.17) is 39.7 Å². The van der Waals surface area contributed by atoms with Gasteiger partial charge in [0.2, 0.25) is 0 Å². The van der Waals surface area contributed by atoms with Gasteiger partial charge in [-0.25, -0.2) is 9.21 Å². The molecule has 1 aromatic heterocycles. The molecule has 9 heteroatoms. The minimum Gasteiger partial charge on any atom is -0.462 e. The lowest BCUT2D eigenvalue weighted by Gasteiger charge is -2.41. The number of amides is 1. The topological polar surface area (TPSA) is 63.6 Å². The molecule has 6 nitrogen and oxygen atoms in total. The van der Waals surface area contributed by atoms with Gasteiger partial charge in [-0.1, -0.05) is 35.3 Å². The lowest BCUT2D eigenvalue weighted by atomic mass is 9.80. The number of halogens is 3. The number of hydrogen-bond acceptors (Lipinski definition) is 4. The van der Waals surface area contributed by atoms with Gasteiger partial charge >= 0.3 is 5.97 Å². The fourth-order valence-electron chi connectivity index (χ4n) is 4.35. The molecule has 1 saturated heterocycles. The van der Waals surface area contributed by atoms with Gasteiger partial charge in [-0.15, -0.1) is 0 Å². The molecule has 2 heterocycles. The van der Waals surface area contributed by atoms with E-state index in [1.807, 2.05) is 19.2 Å². The largest absolute Gasteiger partial charge is 0.462 e. The standard InChI is InChI=1S/C24H24Cl3N3O3/c1-3-33-23(32)15-5-4-6-16(13-15)24(9-11-30(27)12-10-24)28-22(31)20-14-17-19(29(20)2)8-7-18(25)21(17)26/h4-8,13-14H,3,9-12H2,1-2H3,(H,28,31). The Hall–Kier alpha value is -2.25. The van der Waals surface area contributed by atoms with Crippen LogP contribution in [0.25, 0.3) is 10.9 Å². The van der Waals surface area contributed by atoms with Crippen molar-refractivity contribution < 1.29 is 14.3 Å². The molecule has 1 amide bonds. The van der Waals surface area contributed by atoms with Crippen LogP contribution < -0.4 is 5.32 Å². The fourth-order valence-corrected chi connectivity index (χ4v) is 4.90. The van der Waals surface area contributed by atoms with E-state index in [0.717, 1.165) is 11.1 Å². The second kappa shape index (κ2) is 9.55. The molecular weight excluding hydrogens is 485 g/mol. The summed E-state index contributed by atoms with van der Waals surface area (Å²) in [6, 6.07) is 12.5. The number of benzene rings is 2. The average Bonchev–Trinajstić information content (AvgIpc) is 3.15. The SMILES string of the molecule is CCOC(=O)c1cccc(C2(NC(=O)c3cc4c(Cl)c(Cl)ccc4n3C)CCN(Cl)CC2)c1. The van der Waals surface area contributed by atoms with E-state index < -0.39 is 11.5 Å². The lowest BCUT2D eigenvalue weighted by molar-refractivity contribution is 0.0526. The Kier molecular flexibility index (Phi) is 6.91. The number of esters is 1. The van der Waals surface area contributed by atoms with E-state index in [1.165, 1.54) is 0 Å².